The van der Waals surface area contributed by atoms with E-state index in [1.807, 2.05) is 6.92 Å². The number of Topliss-reactive ketones (excluding diaryl/α,β-unsaturated/α-hetero) is 1. The number of halogens is 1. The summed E-state index contributed by atoms with van der Waals surface area (Å²) in [4.78, 5) is 16.1. The van der Waals surface area contributed by atoms with Gasteiger partial charge in [0.1, 0.15) is 0 Å². The zero-order chi connectivity index (χ0) is 8.43. The Morgan fingerprint density at radius 2 is 2.36 bits per heavy atom. The molecule has 0 saturated carbocycles. The van der Waals surface area contributed by atoms with E-state index in [9.17, 15) is 4.79 Å². The Morgan fingerprint density at radius 1 is 1.73 bits per heavy atom. The van der Waals surface area contributed by atoms with Gasteiger partial charge in [0, 0.05) is 17.1 Å². The first-order chi connectivity index (χ1) is 5.15. The molecular weight excluding hydrogens is 226 g/mol. The molecule has 0 unspecified atom stereocenters. The van der Waals surface area contributed by atoms with Crippen molar-refractivity contribution in [2.24, 2.45) is 0 Å². The third-order valence-electron chi connectivity index (χ3n) is 1.32. The minimum absolute atomic E-state index is 0.0466. The largest absolute Gasteiger partial charge is 0.292 e. The zero-order valence-electron chi connectivity index (χ0n) is 6.35. The molecule has 0 aromatic carbocycles. The molecule has 0 aliphatic heterocycles. The van der Waals surface area contributed by atoms with Crippen LogP contribution >= 0.6 is 27.3 Å². The molecule has 1 aromatic rings. The van der Waals surface area contributed by atoms with Crippen LogP contribution < -0.4 is 0 Å². The summed E-state index contributed by atoms with van der Waals surface area (Å²) in [5.74, 6) is 0.0466. The number of alkyl halides is 1. The molecule has 11 heavy (non-hydrogen) atoms. The van der Waals surface area contributed by atoms with Crippen molar-refractivity contribution in [1.82, 2.24) is 4.98 Å². The van der Waals surface area contributed by atoms with Crippen LogP contribution in [0.5, 0.6) is 0 Å². The Bertz CT molecular complexity index is 282. The summed E-state index contributed by atoms with van der Waals surface area (Å²) in [7, 11) is 0. The Kier molecular flexibility index (Phi) is 2.78. The minimum Gasteiger partial charge on any atom is -0.292 e. The Morgan fingerprint density at radius 3 is 2.64 bits per heavy atom. The normalized spacial score (nSPS) is 10.1. The van der Waals surface area contributed by atoms with Crippen LogP contribution in [-0.4, -0.2) is 10.8 Å². The third-order valence-corrected chi connectivity index (χ3v) is 2.97. The summed E-state index contributed by atoms with van der Waals surface area (Å²) in [5.41, 5.74) is 0.972. The fraction of sp³-hybridized carbons (Fsp3) is 0.429. The molecule has 4 heteroatoms. The fourth-order valence-corrected chi connectivity index (χ4v) is 2.26. The van der Waals surface area contributed by atoms with Crippen LogP contribution in [0.25, 0.3) is 0 Å². The van der Waals surface area contributed by atoms with Crippen LogP contribution in [0.1, 0.15) is 27.3 Å². The molecule has 1 heterocycles. The van der Waals surface area contributed by atoms with Gasteiger partial charge in [-0.25, -0.2) is 4.98 Å². The van der Waals surface area contributed by atoms with Gasteiger partial charge in [-0.15, -0.1) is 11.3 Å². The molecule has 0 aliphatic rings. The van der Waals surface area contributed by atoms with E-state index >= 15 is 0 Å². The highest BCUT2D eigenvalue weighted by molar-refractivity contribution is 9.08. The van der Waals surface area contributed by atoms with Crippen molar-refractivity contribution < 1.29 is 4.79 Å². The van der Waals surface area contributed by atoms with Crippen LogP contribution in [0.3, 0.4) is 0 Å². The molecule has 1 aromatic heterocycles. The average Bonchev–Trinajstić information content (AvgIpc) is 2.31. The van der Waals surface area contributed by atoms with Crippen molar-refractivity contribution in [3.05, 3.63) is 15.6 Å². The third kappa shape index (κ3) is 1.87. The van der Waals surface area contributed by atoms with Gasteiger partial charge in [0.15, 0.2) is 10.8 Å². The molecule has 0 aliphatic carbocycles. The Balaban J connectivity index is 3.05. The summed E-state index contributed by atoms with van der Waals surface area (Å²) in [5, 5.41) is 1.33. The standard InChI is InChI=1S/C7H8BrNOS/c1-4(10)7-9-6(3-8)5(2)11-7/h3H2,1-2H3. The first kappa shape index (κ1) is 8.87. The van der Waals surface area contributed by atoms with Crippen molar-refractivity contribution in [3.63, 3.8) is 0 Å². The van der Waals surface area contributed by atoms with Gasteiger partial charge in [-0.3, -0.25) is 4.79 Å². The Hall–Kier alpha value is -0.220. The minimum atomic E-state index is 0.0466. The van der Waals surface area contributed by atoms with E-state index in [0.717, 1.165) is 15.9 Å². The maximum atomic E-state index is 10.9. The number of aryl methyl sites for hydroxylation is 1. The molecule has 0 N–H and O–H groups in total. The summed E-state index contributed by atoms with van der Waals surface area (Å²) < 4.78 is 0. The van der Waals surface area contributed by atoms with E-state index in [0.29, 0.717) is 5.01 Å². The maximum Gasteiger partial charge on any atom is 0.188 e. The number of rotatable bonds is 2. The van der Waals surface area contributed by atoms with Gasteiger partial charge < -0.3 is 0 Å². The van der Waals surface area contributed by atoms with Crippen LogP contribution in [-0.2, 0) is 5.33 Å². The second-order valence-corrected chi connectivity index (χ2v) is 3.98. The summed E-state index contributed by atoms with van der Waals surface area (Å²) >= 11 is 4.76. The predicted octanol–water partition coefficient (Wildman–Crippen LogP) is 2.55. The number of nitrogens with zero attached hydrogens (tertiary/aromatic N) is 1. The molecule has 0 saturated heterocycles. The lowest BCUT2D eigenvalue weighted by atomic mass is 10.4. The fourth-order valence-electron chi connectivity index (χ4n) is 0.703. The number of carbonyl (C=O) groups is 1. The highest BCUT2D eigenvalue weighted by atomic mass is 79.9. The van der Waals surface area contributed by atoms with Crippen LogP contribution in [0.15, 0.2) is 0 Å². The van der Waals surface area contributed by atoms with Gasteiger partial charge >= 0.3 is 0 Å². The molecule has 60 valence electrons. The first-order valence-corrected chi connectivity index (χ1v) is 5.12. The number of hydrogen-bond acceptors (Lipinski definition) is 3. The van der Waals surface area contributed by atoms with Gasteiger partial charge in [-0.05, 0) is 6.92 Å². The number of hydrogen-bond donors (Lipinski definition) is 0. The second-order valence-electron chi connectivity index (χ2n) is 2.21. The molecule has 1 rings (SSSR count). The van der Waals surface area contributed by atoms with E-state index in [-0.39, 0.29) is 5.78 Å². The van der Waals surface area contributed by atoms with Gasteiger partial charge in [-0.1, -0.05) is 15.9 Å². The molecule has 0 fully saturated rings. The zero-order valence-corrected chi connectivity index (χ0v) is 8.75. The number of thiazole rings is 1. The SMILES string of the molecule is CC(=O)c1nc(CBr)c(C)s1. The number of ketones is 1. The van der Waals surface area contributed by atoms with Gasteiger partial charge in [-0.2, -0.15) is 0 Å². The first-order valence-electron chi connectivity index (χ1n) is 3.18. The lowest BCUT2D eigenvalue weighted by Crippen LogP contribution is -1.90. The van der Waals surface area contributed by atoms with E-state index in [2.05, 4.69) is 20.9 Å². The monoisotopic (exact) mass is 233 g/mol. The van der Waals surface area contributed by atoms with Crippen molar-refractivity contribution in [2.75, 3.05) is 0 Å². The lowest BCUT2D eigenvalue weighted by Gasteiger charge is -1.85. The van der Waals surface area contributed by atoms with Gasteiger partial charge in [0.25, 0.3) is 0 Å². The van der Waals surface area contributed by atoms with Crippen molar-refractivity contribution in [2.45, 2.75) is 19.2 Å². The predicted molar refractivity (Wildman–Crippen MR) is 49.5 cm³/mol. The molecular formula is C7H8BrNOS. The summed E-state index contributed by atoms with van der Waals surface area (Å²) in [6.45, 7) is 3.51. The number of carbonyl (C=O) groups excluding carboxylic acids is 1. The summed E-state index contributed by atoms with van der Waals surface area (Å²) in [6.07, 6.45) is 0. The van der Waals surface area contributed by atoms with Crippen LogP contribution in [0.2, 0.25) is 0 Å². The highest BCUT2D eigenvalue weighted by Crippen LogP contribution is 2.19. The van der Waals surface area contributed by atoms with Crippen molar-refractivity contribution >= 4 is 33.0 Å². The van der Waals surface area contributed by atoms with E-state index in [1.54, 1.807) is 0 Å². The van der Waals surface area contributed by atoms with E-state index < -0.39 is 0 Å². The quantitative estimate of drug-likeness (QED) is 0.581. The molecule has 0 spiro atoms. The van der Waals surface area contributed by atoms with Crippen LogP contribution in [0.4, 0.5) is 0 Å². The molecule has 0 atom stereocenters. The van der Waals surface area contributed by atoms with E-state index in [1.165, 1.54) is 18.3 Å². The highest BCUT2D eigenvalue weighted by Gasteiger charge is 2.08. The van der Waals surface area contributed by atoms with Gasteiger partial charge in [0.2, 0.25) is 0 Å². The maximum absolute atomic E-state index is 10.9. The topological polar surface area (TPSA) is 30.0 Å². The van der Waals surface area contributed by atoms with E-state index in [4.69, 9.17) is 0 Å². The molecule has 2 nitrogen and oxygen atoms in total. The average molecular weight is 234 g/mol. The molecule has 0 amide bonds. The molecule has 0 radical (unpaired) electrons. The smallest absolute Gasteiger partial charge is 0.188 e. The Labute approximate surface area is 77.8 Å². The second kappa shape index (κ2) is 3.45. The van der Waals surface area contributed by atoms with Crippen molar-refractivity contribution in [1.29, 1.82) is 0 Å². The van der Waals surface area contributed by atoms with Crippen LogP contribution in [0, 0.1) is 6.92 Å². The summed E-state index contributed by atoms with van der Waals surface area (Å²) in [6, 6.07) is 0. The molecule has 0 bridgehead atoms. The van der Waals surface area contributed by atoms with Gasteiger partial charge in [0.05, 0.1) is 5.69 Å². The number of aromatic nitrogens is 1. The lowest BCUT2D eigenvalue weighted by molar-refractivity contribution is 0.101. The van der Waals surface area contributed by atoms with Crippen molar-refractivity contribution in [3.8, 4) is 0 Å².